The van der Waals surface area contributed by atoms with Crippen molar-refractivity contribution in [1.82, 2.24) is 9.78 Å². The van der Waals surface area contributed by atoms with Gasteiger partial charge in [0.15, 0.2) is 11.5 Å². The van der Waals surface area contributed by atoms with Gasteiger partial charge in [-0.2, -0.15) is 5.10 Å². The van der Waals surface area contributed by atoms with Crippen LogP contribution in [0.15, 0.2) is 30.5 Å². The van der Waals surface area contributed by atoms with Crippen molar-refractivity contribution >= 4 is 11.9 Å². The number of carbonyl (C=O) groups excluding carboxylic acids is 1. The normalized spacial score (nSPS) is 10.7. The predicted molar refractivity (Wildman–Crippen MR) is 82.7 cm³/mol. The molecule has 0 aliphatic carbocycles. The molecule has 1 aromatic heterocycles. The van der Waals surface area contributed by atoms with Gasteiger partial charge in [0.1, 0.15) is 5.69 Å². The van der Waals surface area contributed by atoms with Gasteiger partial charge < -0.3 is 14.2 Å². The van der Waals surface area contributed by atoms with Gasteiger partial charge in [-0.25, -0.2) is 0 Å². The van der Waals surface area contributed by atoms with Gasteiger partial charge in [0.2, 0.25) is 11.5 Å². The van der Waals surface area contributed by atoms with Crippen LogP contribution < -0.4 is 14.2 Å². The molecule has 0 bridgehead atoms. The van der Waals surface area contributed by atoms with E-state index >= 15 is 0 Å². The molecular weight excluding hydrogens is 284 g/mol. The van der Waals surface area contributed by atoms with Crippen LogP contribution in [0.3, 0.4) is 0 Å². The van der Waals surface area contributed by atoms with Gasteiger partial charge in [0.25, 0.3) is 0 Å². The van der Waals surface area contributed by atoms with Crippen LogP contribution in [0.1, 0.15) is 16.1 Å². The zero-order valence-electron chi connectivity index (χ0n) is 13.0. The number of ketones is 1. The number of ether oxygens (including phenoxy) is 3. The van der Waals surface area contributed by atoms with Crippen LogP contribution in [0.5, 0.6) is 17.2 Å². The van der Waals surface area contributed by atoms with E-state index in [1.54, 1.807) is 58.8 Å². The minimum Gasteiger partial charge on any atom is -0.493 e. The first-order chi connectivity index (χ1) is 10.6. The van der Waals surface area contributed by atoms with Crippen LogP contribution in [-0.4, -0.2) is 36.9 Å². The molecular formula is C16H18N2O4. The summed E-state index contributed by atoms with van der Waals surface area (Å²) in [6, 6.07) is 5.21. The van der Waals surface area contributed by atoms with Crippen molar-refractivity contribution in [3.8, 4) is 17.2 Å². The molecule has 0 N–H and O–H groups in total. The summed E-state index contributed by atoms with van der Waals surface area (Å²) in [5, 5.41) is 3.98. The standard InChI is InChI=1S/C16H18N2O4/c1-18-12(7-8-17-18)13(19)6-5-11-9-14(20-2)16(22-4)15(10-11)21-3/h5-10H,1-4H3/b6-5+. The fraction of sp³-hybridized carbons (Fsp3) is 0.250. The Labute approximate surface area is 128 Å². The highest BCUT2D eigenvalue weighted by Crippen LogP contribution is 2.38. The number of hydrogen-bond donors (Lipinski definition) is 0. The lowest BCUT2D eigenvalue weighted by molar-refractivity contribution is 0.103. The Hall–Kier alpha value is -2.76. The molecule has 22 heavy (non-hydrogen) atoms. The van der Waals surface area contributed by atoms with Crippen LogP contribution in [0.25, 0.3) is 6.08 Å². The molecule has 2 aromatic rings. The van der Waals surface area contributed by atoms with E-state index in [2.05, 4.69) is 5.10 Å². The number of aromatic nitrogens is 2. The molecule has 0 spiro atoms. The van der Waals surface area contributed by atoms with Crippen molar-refractivity contribution in [1.29, 1.82) is 0 Å². The maximum atomic E-state index is 12.1. The number of nitrogens with zero attached hydrogens (tertiary/aromatic N) is 2. The van der Waals surface area contributed by atoms with Gasteiger partial charge >= 0.3 is 0 Å². The summed E-state index contributed by atoms with van der Waals surface area (Å²) in [7, 11) is 6.36. The van der Waals surface area contributed by atoms with Gasteiger partial charge in [0, 0.05) is 13.2 Å². The number of carbonyl (C=O) groups is 1. The molecule has 0 aliphatic rings. The van der Waals surface area contributed by atoms with Crippen molar-refractivity contribution in [2.75, 3.05) is 21.3 Å². The smallest absolute Gasteiger partial charge is 0.203 e. The van der Waals surface area contributed by atoms with Crippen molar-refractivity contribution in [2.24, 2.45) is 7.05 Å². The molecule has 0 aliphatic heterocycles. The molecule has 1 aromatic carbocycles. The van der Waals surface area contributed by atoms with E-state index < -0.39 is 0 Å². The number of methoxy groups -OCH3 is 3. The SMILES string of the molecule is COc1cc(/C=C/C(=O)c2ccnn2C)cc(OC)c1OC. The van der Waals surface area contributed by atoms with E-state index in [1.165, 1.54) is 10.8 Å². The van der Waals surface area contributed by atoms with Crippen LogP contribution >= 0.6 is 0 Å². The van der Waals surface area contributed by atoms with Crippen LogP contribution in [0.2, 0.25) is 0 Å². The fourth-order valence-electron chi connectivity index (χ4n) is 2.07. The Bertz CT molecular complexity index is 679. The van der Waals surface area contributed by atoms with E-state index in [1.807, 2.05) is 0 Å². The predicted octanol–water partition coefficient (Wildman–Crippen LogP) is 2.34. The lowest BCUT2D eigenvalue weighted by atomic mass is 10.1. The first-order valence-corrected chi connectivity index (χ1v) is 6.61. The summed E-state index contributed by atoms with van der Waals surface area (Å²) in [6.45, 7) is 0. The first kappa shape index (κ1) is 15.6. The third-order valence-corrected chi connectivity index (χ3v) is 3.19. The molecule has 6 nitrogen and oxygen atoms in total. The molecule has 6 heteroatoms. The van der Waals surface area contributed by atoms with Gasteiger partial charge in [-0.05, 0) is 29.8 Å². The van der Waals surface area contributed by atoms with E-state index in [0.29, 0.717) is 22.9 Å². The van der Waals surface area contributed by atoms with Crippen LogP contribution in [-0.2, 0) is 7.05 Å². The highest BCUT2D eigenvalue weighted by molar-refractivity contribution is 6.05. The highest BCUT2D eigenvalue weighted by Gasteiger charge is 2.12. The maximum absolute atomic E-state index is 12.1. The average molecular weight is 302 g/mol. The Morgan fingerprint density at radius 3 is 2.23 bits per heavy atom. The Morgan fingerprint density at radius 1 is 1.14 bits per heavy atom. The quantitative estimate of drug-likeness (QED) is 0.605. The third-order valence-electron chi connectivity index (χ3n) is 3.19. The van der Waals surface area contributed by atoms with Crippen molar-refractivity contribution in [3.63, 3.8) is 0 Å². The van der Waals surface area contributed by atoms with Crippen molar-refractivity contribution < 1.29 is 19.0 Å². The number of allylic oxidation sites excluding steroid dienone is 1. The minimum absolute atomic E-state index is 0.131. The average Bonchev–Trinajstić information content (AvgIpc) is 2.97. The Kier molecular flexibility index (Phi) is 4.83. The second-order valence-electron chi connectivity index (χ2n) is 4.50. The second kappa shape index (κ2) is 6.80. The number of hydrogen-bond acceptors (Lipinski definition) is 5. The fourth-order valence-corrected chi connectivity index (χ4v) is 2.07. The summed E-state index contributed by atoms with van der Waals surface area (Å²) in [5.74, 6) is 1.46. The van der Waals surface area contributed by atoms with Gasteiger partial charge in [0.05, 0.1) is 21.3 Å². The molecule has 0 saturated heterocycles. The first-order valence-electron chi connectivity index (χ1n) is 6.61. The number of rotatable bonds is 6. The largest absolute Gasteiger partial charge is 0.493 e. The van der Waals surface area contributed by atoms with E-state index in [-0.39, 0.29) is 5.78 Å². The van der Waals surface area contributed by atoms with Gasteiger partial charge in [-0.1, -0.05) is 6.08 Å². The highest BCUT2D eigenvalue weighted by atomic mass is 16.5. The number of aryl methyl sites for hydroxylation is 1. The topological polar surface area (TPSA) is 62.6 Å². The van der Waals surface area contributed by atoms with E-state index in [4.69, 9.17) is 14.2 Å². The molecule has 0 atom stereocenters. The van der Waals surface area contributed by atoms with Crippen molar-refractivity contribution in [3.05, 3.63) is 41.7 Å². The molecule has 0 radical (unpaired) electrons. The Morgan fingerprint density at radius 2 is 1.77 bits per heavy atom. The summed E-state index contributed by atoms with van der Waals surface area (Å²) in [5.41, 5.74) is 1.29. The summed E-state index contributed by atoms with van der Waals surface area (Å²) in [4.78, 5) is 12.1. The minimum atomic E-state index is -0.131. The molecule has 116 valence electrons. The lowest BCUT2D eigenvalue weighted by Crippen LogP contribution is -2.03. The zero-order chi connectivity index (χ0) is 16.1. The molecule has 0 fully saturated rings. The third kappa shape index (κ3) is 3.11. The summed E-state index contributed by atoms with van der Waals surface area (Å²) < 4.78 is 17.3. The molecule has 0 amide bonds. The lowest BCUT2D eigenvalue weighted by Gasteiger charge is -2.12. The molecule has 0 unspecified atom stereocenters. The van der Waals surface area contributed by atoms with Crippen molar-refractivity contribution in [2.45, 2.75) is 0 Å². The molecule has 0 saturated carbocycles. The molecule has 1 heterocycles. The van der Waals surface area contributed by atoms with Crippen LogP contribution in [0.4, 0.5) is 0 Å². The van der Waals surface area contributed by atoms with E-state index in [9.17, 15) is 4.79 Å². The Balaban J connectivity index is 2.31. The summed E-state index contributed by atoms with van der Waals surface area (Å²) >= 11 is 0. The maximum Gasteiger partial charge on any atom is 0.203 e. The van der Waals surface area contributed by atoms with Crippen LogP contribution in [0, 0.1) is 0 Å². The number of benzene rings is 1. The monoisotopic (exact) mass is 302 g/mol. The summed E-state index contributed by atoms with van der Waals surface area (Å²) in [6.07, 6.45) is 4.76. The second-order valence-corrected chi connectivity index (χ2v) is 4.50. The van der Waals surface area contributed by atoms with Gasteiger partial charge in [-0.3, -0.25) is 9.48 Å². The van der Waals surface area contributed by atoms with Gasteiger partial charge in [-0.15, -0.1) is 0 Å². The zero-order valence-corrected chi connectivity index (χ0v) is 13.0. The molecule has 2 rings (SSSR count). The van der Waals surface area contributed by atoms with E-state index in [0.717, 1.165) is 5.56 Å².